The number of rotatable bonds is 12. The van der Waals surface area contributed by atoms with Gasteiger partial charge in [-0.2, -0.15) is 0 Å². The molecule has 3 N–H and O–H groups in total. The smallest absolute Gasteiger partial charge is 0.251 e. The number of primary amides is 1. The van der Waals surface area contributed by atoms with E-state index in [-0.39, 0.29) is 0 Å². The fourth-order valence-corrected chi connectivity index (χ4v) is 5.41. The molecule has 8 nitrogen and oxygen atoms in total. The zero-order chi connectivity index (χ0) is 24.7. The first kappa shape index (κ1) is 25.3. The number of anilines is 1. The van der Waals surface area contributed by atoms with Gasteiger partial charge in [0.15, 0.2) is 5.89 Å². The van der Waals surface area contributed by atoms with Crippen LogP contribution in [0.1, 0.15) is 45.8 Å². The fraction of sp³-hybridized carbons (Fsp3) is 0.360. The quantitative estimate of drug-likeness (QED) is 0.273. The van der Waals surface area contributed by atoms with E-state index >= 15 is 0 Å². The lowest BCUT2D eigenvalue weighted by molar-refractivity contribution is -0.105. The minimum atomic E-state index is -0.505. The third-order valence-corrected chi connectivity index (χ3v) is 6.90. The molecule has 9 heteroatoms. The Morgan fingerprint density at radius 3 is 2.88 bits per heavy atom. The average molecular weight is 482 g/mol. The molecular formula is C25H31N5O3S. The molecule has 34 heavy (non-hydrogen) atoms. The summed E-state index contributed by atoms with van der Waals surface area (Å²) >= 11 is 1.41. The molecule has 0 aromatic carbocycles. The number of aromatic nitrogens is 1. The predicted molar refractivity (Wildman–Crippen MR) is 136 cm³/mol. The summed E-state index contributed by atoms with van der Waals surface area (Å²) in [7, 11) is 1.75. The van der Waals surface area contributed by atoms with Crippen molar-refractivity contribution in [3.05, 3.63) is 69.8 Å². The molecule has 0 bridgehead atoms. The maximum absolute atomic E-state index is 11.9. The summed E-state index contributed by atoms with van der Waals surface area (Å²) in [5, 5.41) is 3.13. The third-order valence-electron chi connectivity index (χ3n) is 5.75. The van der Waals surface area contributed by atoms with Crippen LogP contribution in [0.15, 0.2) is 51.6 Å². The van der Waals surface area contributed by atoms with Crippen LogP contribution in [-0.2, 0) is 30.6 Å². The molecule has 2 aromatic rings. The molecule has 0 spiro atoms. The van der Waals surface area contributed by atoms with E-state index in [2.05, 4.69) is 33.4 Å². The van der Waals surface area contributed by atoms with Gasteiger partial charge >= 0.3 is 0 Å². The van der Waals surface area contributed by atoms with Gasteiger partial charge in [-0.3, -0.25) is 19.5 Å². The monoisotopic (exact) mass is 481 g/mol. The minimum Gasteiger partial charge on any atom is -0.446 e. The van der Waals surface area contributed by atoms with Gasteiger partial charge in [0.1, 0.15) is 10.8 Å². The summed E-state index contributed by atoms with van der Waals surface area (Å²) in [4.78, 5) is 34.7. The molecular weight excluding hydrogens is 450 g/mol. The van der Waals surface area contributed by atoms with E-state index in [9.17, 15) is 9.59 Å². The minimum absolute atomic E-state index is 0.442. The third kappa shape index (κ3) is 5.98. The zero-order valence-corrected chi connectivity index (χ0v) is 20.5. The number of carbonyl (C=O) groups excluding carboxylic acids is 2. The molecule has 1 aliphatic heterocycles. The van der Waals surface area contributed by atoms with Crippen molar-refractivity contribution >= 4 is 34.9 Å². The van der Waals surface area contributed by atoms with Crippen LogP contribution in [0.4, 0.5) is 5.00 Å². The number of hydrogen-bond acceptors (Lipinski definition) is 7. The van der Waals surface area contributed by atoms with Crippen molar-refractivity contribution < 1.29 is 14.0 Å². The number of oxazole rings is 1. The Kier molecular flexibility index (Phi) is 8.72. The van der Waals surface area contributed by atoms with E-state index in [4.69, 9.17) is 10.2 Å². The van der Waals surface area contributed by atoms with Crippen LogP contribution in [0.2, 0.25) is 0 Å². The number of nitrogens with one attached hydrogen (secondary N) is 1. The first-order chi connectivity index (χ1) is 16.4. The number of aliphatic imine (C=N–C) groups is 1. The first-order valence-corrected chi connectivity index (χ1v) is 11.9. The van der Waals surface area contributed by atoms with E-state index in [0.29, 0.717) is 48.7 Å². The zero-order valence-electron chi connectivity index (χ0n) is 19.7. The van der Waals surface area contributed by atoms with Gasteiger partial charge in [0.25, 0.3) is 5.91 Å². The number of carbonyl (C=O) groups is 2. The Bertz CT molecular complexity index is 1140. The first-order valence-electron chi connectivity index (χ1n) is 11.1. The number of allylic oxidation sites excluding steroid dienone is 4. The van der Waals surface area contributed by atoms with Crippen molar-refractivity contribution in [1.29, 1.82) is 0 Å². The molecule has 3 heterocycles. The molecule has 0 aliphatic carbocycles. The number of nitrogens with zero attached hydrogens (tertiary/aromatic N) is 3. The van der Waals surface area contributed by atoms with Crippen molar-refractivity contribution in [2.24, 2.45) is 10.7 Å². The molecule has 2 amide bonds. The van der Waals surface area contributed by atoms with Gasteiger partial charge in [0, 0.05) is 50.6 Å². The number of aryl methyl sites for hydroxylation is 1. The van der Waals surface area contributed by atoms with Gasteiger partial charge in [0.2, 0.25) is 6.41 Å². The second-order valence-corrected chi connectivity index (χ2v) is 9.25. The molecule has 0 fully saturated rings. The number of thiophene rings is 1. The summed E-state index contributed by atoms with van der Waals surface area (Å²) in [6.07, 6.45) is 8.89. The van der Waals surface area contributed by atoms with Crippen LogP contribution in [0.25, 0.3) is 0 Å². The van der Waals surface area contributed by atoms with Crippen molar-refractivity contribution in [1.82, 2.24) is 9.88 Å². The molecule has 3 rings (SSSR count). The summed E-state index contributed by atoms with van der Waals surface area (Å²) < 4.78 is 5.97. The van der Waals surface area contributed by atoms with Gasteiger partial charge in [0.05, 0.1) is 11.8 Å². The Morgan fingerprint density at radius 2 is 2.24 bits per heavy atom. The lowest BCUT2D eigenvalue weighted by Gasteiger charge is -2.26. The van der Waals surface area contributed by atoms with Crippen molar-refractivity contribution in [2.75, 3.05) is 25.5 Å². The lowest BCUT2D eigenvalue weighted by atomic mass is 9.99. The van der Waals surface area contributed by atoms with Gasteiger partial charge < -0.3 is 15.5 Å². The highest BCUT2D eigenvalue weighted by Crippen LogP contribution is 2.36. The summed E-state index contributed by atoms with van der Waals surface area (Å²) in [6, 6.07) is 0. The number of hydrogen-bond donors (Lipinski definition) is 2. The van der Waals surface area contributed by atoms with E-state index in [1.807, 2.05) is 19.2 Å². The molecule has 0 saturated heterocycles. The highest BCUT2D eigenvalue weighted by molar-refractivity contribution is 7.16. The van der Waals surface area contributed by atoms with Crippen LogP contribution in [0, 0.1) is 0 Å². The molecule has 0 unspecified atom stereocenters. The topological polar surface area (TPSA) is 114 Å². The largest absolute Gasteiger partial charge is 0.446 e. The SMILES string of the molecule is C=C/C(C(=C)C)=C(/C=NC)CCc1cnc(CCN2CCc3c(sc(NC=O)c3C(N)=O)C2)o1. The molecule has 0 radical (unpaired) electrons. The van der Waals surface area contributed by atoms with E-state index in [1.54, 1.807) is 13.2 Å². The molecule has 0 atom stereocenters. The molecule has 2 aromatic heterocycles. The summed E-state index contributed by atoms with van der Waals surface area (Å²) in [5.41, 5.74) is 9.97. The van der Waals surface area contributed by atoms with Gasteiger partial charge in [-0.25, -0.2) is 4.98 Å². The van der Waals surface area contributed by atoms with Gasteiger partial charge in [-0.05, 0) is 36.5 Å². The lowest BCUT2D eigenvalue weighted by Crippen LogP contribution is -2.32. The highest BCUT2D eigenvalue weighted by Gasteiger charge is 2.27. The van der Waals surface area contributed by atoms with E-state index in [1.165, 1.54) is 11.3 Å². The van der Waals surface area contributed by atoms with Crippen LogP contribution < -0.4 is 11.1 Å². The van der Waals surface area contributed by atoms with Gasteiger partial charge in [-0.1, -0.05) is 24.8 Å². The number of nitrogens with two attached hydrogens (primary N) is 1. The second-order valence-electron chi connectivity index (χ2n) is 8.14. The maximum atomic E-state index is 11.9. The number of fused-ring (bicyclic) bond motifs is 1. The van der Waals surface area contributed by atoms with Crippen molar-refractivity contribution in [2.45, 2.75) is 39.2 Å². The van der Waals surface area contributed by atoms with E-state index in [0.717, 1.165) is 52.4 Å². The van der Waals surface area contributed by atoms with Crippen LogP contribution in [0.5, 0.6) is 0 Å². The van der Waals surface area contributed by atoms with Crippen LogP contribution in [-0.4, -0.2) is 48.6 Å². The van der Waals surface area contributed by atoms with Crippen molar-refractivity contribution in [3.8, 4) is 0 Å². The Morgan fingerprint density at radius 1 is 1.44 bits per heavy atom. The molecule has 180 valence electrons. The Labute approximate surface area is 204 Å². The standard InChI is InChI=1S/C25H31N5O3S/c1-5-19(16(2)3)17(12-27-4)6-7-18-13-28-22(33-18)9-11-30-10-8-20-21(14-30)34-25(29-15-31)23(20)24(26)32/h5,12-13,15H,1-2,6-11,14H2,3-4H3,(H2,26,32)(H,29,31)/b19-17-,27-12?. The predicted octanol–water partition coefficient (Wildman–Crippen LogP) is 3.70. The highest BCUT2D eigenvalue weighted by atomic mass is 32.1. The Hall–Kier alpha value is -3.30. The summed E-state index contributed by atoms with van der Waals surface area (Å²) in [5.74, 6) is 1.03. The molecule has 1 aliphatic rings. The average Bonchev–Trinajstić information content (AvgIpc) is 3.40. The second kappa shape index (κ2) is 11.7. The normalized spacial score (nSPS) is 14.5. The Balaban J connectivity index is 1.59. The summed E-state index contributed by atoms with van der Waals surface area (Å²) in [6.45, 7) is 12.2. The maximum Gasteiger partial charge on any atom is 0.251 e. The van der Waals surface area contributed by atoms with Crippen LogP contribution in [0.3, 0.4) is 0 Å². The molecule has 0 saturated carbocycles. The van der Waals surface area contributed by atoms with Crippen LogP contribution >= 0.6 is 11.3 Å². The van der Waals surface area contributed by atoms with Crippen molar-refractivity contribution in [3.63, 3.8) is 0 Å². The van der Waals surface area contributed by atoms with Gasteiger partial charge in [-0.15, -0.1) is 11.3 Å². The van der Waals surface area contributed by atoms with E-state index < -0.39 is 5.91 Å². The fourth-order valence-electron chi connectivity index (χ4n) is 4.16. The number of amides is 2.